The van der Waals surface area contributed by atoms with Crippen molar-refractivity contribution in [3.63, 3.8) is 0 Å². The first-order chi connectivity index (χ1) is 12.3. The van der Waals surface area contributed by atoms with Gasteiger partial charge in [0.1, 0.15) is 0 Å². The Kier molecular flexibility index (Phi) is 4.07. The average molecular weight is 346 g/mol. The van der Waals surface area contributed by atoms with E-state index in [9.17, 15) is 0 Å². The van der Waals surface area contributed by atoms with Crippen LogP contribution in [0.1, 0.15) is 6.92 Å². The van der Waals surface area contributed by atoms with Crippen LogP contribution in [0.4, 0.5) is 5.69 Å². The van der Waals surface area contributed by atoms with Crippen LogP contribution in [-0.4, -0.2) is 21.6 Å². The third-order valence-corrected chi connectivity index (χ3v) is 4.43. The highest BCUT2D eigenvalue weighted by Gasteiger charge is 2.10. The van der Waals surface area contributed by atoms with E-state index >= 15 is 0 Å². The number of fused-ring (bicyclic) bond motifs is 3. The summed E-state index contributed by atoms with van der Waals surface area (Å²) in [5.41, 5.74) is 5.17. The van der Waals surface area contributed by atoms with Gasteiger partial charge < -0.3 is 15.6 Å². The summed E-state index contributed by atoms with van der Waals surface area (Å²) >= 11 is 5.22. The van der Waals surface area contributed by atoms with E-state index in [2.05, 4.69) is 57.0 Å². The number of para-hydroxylation sites is 1. The number of rotatable bonds is 3. The zero-order chi connectivity index (χ0) is 17.2. The van der Waals surface area contributed by atoms with Gasteiger partial charge in [-0.15, -0.1) is 0 Å². The largest absolute Gasteiger partial charge is 0.363 e. The molecule has 0 fully saturated rings. The molecule has 4 aromatic rings. The standard InChI is InChI=1S/C20H18N4S/c1-2-21-20(25)23-14-9-7-13(8-10-14)18-19-16(11-12-22-18)15-5-3-4-6-17(15)24-19/h3-12,24H,2H2,1H3,(H2,21,23,25). The van der Waals surface area contributed by atoms with Crippen LogP contribution in [0.3, 0.4) is 0 Å². The van der Waals surface area contributed by atoms with Crippen LogP contribution in [-0.2, 0) is 0 Å². The molecule has 0 amide bonds. The molecule has 0 aliphatic carbocycles. The first-order valence-electron chi connectivity index (χ1n) is 8.27. The van der Waals surface area contributed by atoms with Crippen molar-refractivity contribution in [2.75, 3.05) is 11.9 Å². The molecule has 0 spiro atoms. The molecular weight excluding hydrogens is 328 g/mol. The molecule has 5 heteroatoms. The summed E-state index contributed by atoms with van der Waals surface area (Å²) in [7, 11) is 0. The number of pyridine rings is 1. The van der Waals surface area contributed by atoms with Gasteiger partial charge in [-0.05, 0) is 43.4 Å². The molecule has 0 bridgehead atoms. The van der Waals surface area contributed by atoms with Crippen molar-refractivity contribution in [3.05, 3.63) is 60.8 Å². The summed E-state index contributed by atoms with van der Waals surface area (Å²) in [5, 5.41) is 9.29. The Balaban J connectivity index is 1.73. The second-order valence-electron chi connectivity index (χ2n) is 5.81. The molecule has 3 N–H and O–H groups in total. The molecule has 0 radical (unpaired) electrons. The Morgan fingerprint density at radius 2 is 1.84 bits per heavy atom. The summed E-state index contributed by atoms with van der Waals surface area (Å²) < 4.78 is 0. The van der Waals surface area contributed by atoms with E-state index in [0.29, 0.717) is 5.11 Å². The fourth-order valence-electron chi connectivity index (χ4n) is 3.04. The number of anilines is 1. The second kappa shape index (κ2) is 6.53. The van der Waals surface area contributed by atoms with Crippen molar-refractivity contribution in [2.45, 2.75) is 6.92 Å². The summed E-state index contributed by atoms with van der Waals surface area (Å²) in [6, 6.07) is 18.5. The predicted octanol–water partition coefficient (Wildman–Crippen LogP) is 4.69. The van der Waals surface area contributed by atoms with Crippen LogP contribution in [0.5, 0.6) is 0 Å². The summed E-state index contributed by atoms with van der Waals surface area (Å²) in [6.45, 7) is 2.82. The molecule has 0 atom stereocenters. The number of nitrogens with zero attached hydrogens (tertiary/aromatic N) is 1. The zero-order valence-corrected chi connectivity index (χ0v) is 14.7. The van der Waals surface area contributed by atoms with Crippen LogP contribution in [0, 0.1) is 0 Å². The van der Waals surface area contributed by atoms with E-state index < -0.39 is 0 Å². The minimum absolute atomic E-state index is 0.631. The highest BCUT2D eigenvalue weighted by Crippen LogP contribution is 2.31. The highest BCUT2D eigenvalue weighted by atomic mass is 32.1. The van der Waals surface area contributed by atoms with Crippen LogP contribution in [0.15, 0.2) is 60.8 Å². The molecule has 2 aromatic heterocycles. The number of hydrogen-bond acceptors (Lipinski definition) is 2. The Morgan fingerprint density at radius 1 is 1.04 bits per heavy atom. The average Bonchev–Trinajstić information content (AvgIpc) is 3.01. The van der Waals surface area contributed by atoms with Crippen molar-refractivity contribution in [3.8, 4) is 11.3 Å². The zero-order valence-electron chi connectivity index (χ0n) is 13.8. The maximum atomic E-state index is 5.22. The molecule has 0 aliphatic rings. The maximum absolute atomic E-state index is 5.22. The molecule has 0 aliphatic heterocycles. The molecule has 2 heterocycles. The van der Waals surface area contributed by atoms with E-state index in [1.807, 2.05) is 31.3 Å². The Hall–Kier alpha value is -2.92. The van der Waals surface area contributed by atoms with Crippen LogP contribution in [0.2, 0.25) is 0 Å². The van der Waals surface area contributed by atoms with Gasteiger partial charge in [0.25, 0.3) is 0 Å². The summed E-state index contributed by atoms with van der Waals surface area (Å²) in [6.07, 6.45) is 1.87. The van der Waals surface area contributed by atoms with Crippen molar-refractivity contribution < 1.29 is 0 Å². The minimum Gasteiger partial charge on any atom is -0.363 e. The third-order valence-electron chi connectivity index (χ3n) is 4.18. The topological polar surface area (TPSA) is 52.7 Å². The molecule has 124 valence electrons. The normalized spacial score (nSPS) is 10.9. The van der Waals surface area contributed by atoms with E-state index in [1.165, 1.54) is 10.8 Å². The number of nitrogens with one attached hydrogen (secondary N) is 3. The van der Waals surface area contributed by atoms with Gasteiger partial charge >= 0.3 is 0 Å². The van der Waals surface area contributed by atoms with Crippen molar-refractivity contribution in [2.24, 2.45) is 0 Å². The van der Waals surface area contributed by atoms with Crippen LogP contribution < -0.4 is 10.6 Å². The molecule has 0 saturated carbocycles. The van der Waals surface area contributed by atoms with Gasteiger partial charge in [-0.25, -0.2) is 0 Å². The van der Waals surface area contributed by atoms with E-state index in [1.54, 1.807) is 0 Å². The second-order valence-corrected chi connectivity index (χ2v) is 6.22. The molecular formula is C20H18N4S. The first-order valence-corrected chi connectivity index (χ1v) is 8.68. The highest BCUT2D eigenvalue weighted by molar-refractivity contribution is 7.80. The Bertz CT molecular complexity index is 1050. The lowest BCUT2D eigenvalue weighted by atomic mass is 10.1. The molecule has 4 rings (SSSR count). The first kappa shape index (κ1) is 15.6. The maximum Gasteiger partial charge on any atom is 0.170 e. The van der Waals surface area contributed by atoms with Gasteiger partial charge in [0.2, 0.25) is 0 Å². The van der Waals surface area contributed by atoms with Gasteiger partial charge in [-0.3, -0.25) is 4.98 Å². The number of hydrogen-bond donors (Lipinski definition) is 3. The molecule has 0 unspecified atom stereocenters. The number of benzene rings is 2. The van der Waals surface area contributed by atoms with Gasteiger partial charge in [-0.2, -0.15) is 0 Å². The summed E-state index contributed by atoms with van der Waals surface area (Å²) in [4.78, 5) is 8.10. The minimum atomic E-state index is 0.631. The monoisotopic (exact) mass is 346 g/mol. The van der Waals surface area contributed by atoms with Gasteiger partial charge in [-0.1, -0.05) is 30.3 Å². The number of H-pyrrole nitrogens is 1. The lowest BCUT2D eigenvalue weighted by Crippen LogP contribution is -2.27. The van der Waals surface area contributed by atoms with Gasteiger partial charge in [0, 0.05) is 40.3 Å². The number of aromatic amines is 1. The van der Waals surface area contributed by atoms with Gasteiger partial charge in [0.05, 0.1) is 11.2 Å². The Morgan fingerprint density at radius 3 is 2.64 bits per heavy atom. The quantitative estimate of drug-likeness (QED) is 0.471. The fourth-order valence-corrected chi connectivity index (χ4v) is 3.30. The number of aromatic nitrogens is 2. The van der Waals surface area contributed by atoms with Crippen LogP contribution >= 0.6 is 12.2 Å². The third kappa shape index (κ3) is 2.94. The molecule has 2 aromatic carbocycles. The van der Waals surface area contributed by atoms with E-state index in [4.69, 9.17) is 12.2 Å². The van der Waals surface area contributed by atoms with E-state index in [0.717, 1.165) is 34.5 Å². The lowest BCUT2D eigenvalue weighted by molar-refractivity contribution is 0.979. The van der Waals surface area contributed by atoms with Crippen molar-refractivity contribution in [1.29, 1.82) is 0 Å². The number of thiocarbonyl (C=S) groups is 1. The summed E-state index contributed by atoms with van der Waals surface area (Å²) in [5.74, 6) is 0. The van der Waals surface area contributed by atoms with Crippen molar-refractivity contribution >= 4 is 44.8 Å². The smallest absolute Gasteiger partial charge is 0.170 e. The van der Waals surface area contributed by atoms with Crippen molar-refractivity contribution in [1.82, 2.24) is 15.3 Å². The SMILES string of the molecule is CCNC(=S)Nc1ccc(-c2nccc3c2[nH]c2ccccc23)cc1. The van der Waals surface area contributed by atoms with Crippen LogP contribution in [0.25, 0.3) is 33.1 Å². The fraction of sp³-hybridized carbons (Fsp3) is 0.100. The predicted molar refractivity (Wildman–Crippen MR) is 109 cm³/mol. The molecule has 4 nitrogen and oxygen atoms in total. The Labute approximate surface area is 151 Å². The molecule has 0 saturated heterocycles. The lowest BCUT2D eigenvalue weighted by Gasteiger charge is -2.09. The van der Waals surface area contributed by atoms with E-state index in [-0.39, 0.29) is 0 Å². The van der Waals surface area contributed by atoms with Gasteiger partial charge in [0.15, 0.2) is 5.11 Å². The molecule has 25 heavy (non-hydrogen) atoms.